The van der Waals surface area contributed by atoms with Crippen LogP contribution in [0.4, 0.5) is 0 Å². The maximum atomic E-state index is 6.33. The highest BCUT2D eigenvalue weighted by atomic mass is 16.3. The largest absolute Gasteiger partial charge is 0.458 e. The molecule has 0 aliphatic heterocycles. The number of nitrogens with zero attached hydrogens (tertiary/aromatic N) is 2. The quantitative estimate of drug-likeness (QED) is 0.160. The SMILES string of the molecule is C=Cc1c(C)oc2c(-c3ccc(-c4c5ccccc5c(-c5ccc(-c6nccc7c(C=C)c(CC)oc67)cc5)c5ccccc45)cc3)nccc12. The minimum absolute atomic E-state index is 0.785. The van der Waals surface area contributed by atoms with Crippen molar-refractivity contribution < 1.29 is 8.83 Å². The van der Waals surface area contributed by atoms with Crippen molar-refractivity contribution in [2.75, 3.05) is 0 Å². The zero-order valence-electron chi connectivity index (χ0n) is 28.5. The molecule has 51 heavy (non-hydrogen) atoms. The van der Waals surface area contributed by atoms with Gasteiger partial charge in [0, 0.05) is 51.8 Å². The molecule has 0 saturated heterocycles. The Morgan fingerprint density at radius 1 is 0.510 bits per heavy atom. The van der Waals surface area contributed by atoms with Crippen molar-refractivity contribution in [3.63, 3.8) is 0 Å². The Kier molecular flexibility index (Phi) is 7.25. The van der Waals surface area contributed by atoms with Gasteiger partial charge in [-0.15, -0.1) is 0 Å². The number of aryl methyl sites for hydroxylation is 2. The van der Waals surface area contributed by atoms with Crippen molar-refractivity contribution in [3.8, 4) is 44.8 Å². The van der Waals surface area contributed by atoms with Crippen molar-refractivity contribution in [3.05, 3.63) is 157 Å². The van der Waals surface area contributed by atoms with Gasteiger partial charge >= 0.3 is 0 Å². The van der Waals surface area contributed by atoms with Crippen LogP contribution < -0.4 is 0 Å². The summed E-state index contributed by atoms with van der Waals surface area (Å²) in [7, 11) is 0. The van der Waals surface area contributed by atoms with E-state index in [2.05, 4.69) is 117 Å². The van der Waals surface area contributed by atoms with E-state index in [-0.39, 0.29) is 0 Å². The van der Waals surface area contributed by atoms with Crippen LogP contribution in [0.15, 0.2) is 144 Å². The number of hydrogen-bond donors (Lipinski definition) is 0. The molecule has 9 aromatic rings. The van der Waals surface area contributed by atoms with Gasteiger partial charge in [-0.2, -0.15) is 0 Å². The molecule has 9 rings (SSSR count). The zero-order chi connectivity index (χ0) is 34.6. The third-order valence-electron chi connectivity index (χ3n) is 10.1. The molecule has 0 saturated carbocycles. The molecule has 0 N–H and O–H groups in total. The molecule has 244 valence electrons. The summed E-state index contributed by atoms with van der Waals surface area (Å²) in [5.74, 6) is 1.78. The summed E-state index contributed by atoms with van der Waals surface area (Å²) in [4.78, 5) is 9.48. The molecule has 0 aliphatic carbocycles. The Morgan fingerprint density at radius 2 is 0.922 bits per heavy atom. The van der Waals surface area contributed by atoms with E-state index in [4.69, 9.17) is 18.8 Å². The summed E-state index contributed by atoms with van der Waals surface area (Å²) in [6.45, 7) is 12.1. The zero-order valence-corrected chi connectivity index (χ0v) is 28.5. The van der Waals surface area contributed by atoms with Crippen LogP contribution in [-0.4, -0.2) is 9.97 Å². The Labute approximate surface area is 296 Å². The third kappa shape index (κ3) is 4.75. The lowest BCUT2D eigenvalue weighted by Gasteiger charge is -2.18. The van der Waals surface area contributed by atoms with Crippen LogP contribution in [-0.2, 0) is 6.42 Å². The molecule has 4 heterocycles. The third-order valence-corrected chi connectivity index (χ3v) is 10.1. The fourth-order valence-electron chi connectivity index (χ4n) is 7.74. The predicted octanol–water partition coefficient (Wildman–Crippen LogP) is 13.1. The first-order valence-corrected chi connectivity index (χ1v) is 17.3. The van der Waals surface area contributed by atoms with E-state index in [1.165, 1.54) is 32.7 Å². The summed E-state index contributed by atoms with van der Waals surface area (Å²) in [6.07, 6.45) is 8.22. The number of hydrogen-bond acceptors (Lipinski definition) is 4. The lowest BCUT2D eigenvalue weighted by Crippen LogP contribution is -1.91. The van der Waals surface area contributed by atoms with Gasteiger partial charge in [-0.05, 0) is 62.9 Å². The van der Waals surface area contributed by atoms with Crippen LogP contribution in [0.25, 0.3) is 100 Å². The highest BCUT2D eigenvalue weighted by molar-refractivity contribution is 6.21. The average Bonchev–Trinajstić information content (AvgIpc) is 3.73. The van der Waals surface area contributed by atoms with Gasteiger partial charge in [0.15, 0.2) is 11.2 Å². The van der Waals surface area contributed by atoms with Gasteiger partial charge in [0.05, 0.1) is 0 Å². The lowest BCUT2D eigenvalue weighted by molar-refractivity contribution is 0.556. The standard InChI is InChI=1S/C47H34N2O2/c1-5-33-28(4)50-46-39(33)24-26-48-44(46)31-20-16-29(17-21-31)42-35-12-8-10-14-37(35)43(38-15-11-9-13-36(38)42)30-18-22-32(23-19-30)45-47-40(25-27-49-45)34(6-2)41(7-3)51-47/h5-6,8-27H,1-2,7H2,3-4H3. The first-order valence-electron chi connectivity index (χ1n) is 17.3. The Morgan fingerprint density at radius 3 is 1.35 bits per heavy atom. The van der Waals surface area contributed by atoms with Gasteiger partial charge in [-0.25, -0.2) is 0 Å². The van der Waals surface area contributed by atoms with Crippen molar-refractivity contribution >= 4 is 55.6 Å². The van der Waals surface area contributed by atoms with Gasteiger partial charge in [0.1, 0.15) is 22.9 Å². The molecule has 4 aromatic heterocycles. The molecular formula is C47H34N2O2. The van der Waals surface area contributed by atoms with Crippen LogP contribution >= 0.6 is 0 Å². The lowest BCUT2D eigenvalue weighted by atomic mass is 9.85. The molecule has 0 unspecified atom stereocenters. The highest BCUT2D eigenvalue weighted by Gasteiger charge is 2.20. The minimum atomic E-state index is 0.785. The van der Waals surface area contributed by atoms with E-state index in [0.29, 0.717) is 0 Å². The Balaban J connectivity index is 1.17. The first kappa shape index (κ1) is 30.5. The average molecular weight is 659 g/mol. The molecule has 4 nitrogen and oxygen atoms in total. The Bertz CT molecular complexity index is 2760. The molecule has 0 fully saturated rings. The smallest absolute Gasteiger partial charge is 0.161 e. The van der Waals surface area contributed by atoms with Crippen LogP contribution in [0.1, 0.15) is 29.6 Å². The number of pyridine rings is 2. The summed E-state index contributed by atoms with van der Waals surface area (Å²) in [6, 6.07) is 38.9. The summed E-state index contributed by atoms with van der Waals surface area (Å²) < 4.78 is 12.5. The second-order valence-electron chi connectivity index (χ2n) is 12.8. The molecule has 0 spiro atoms. The van der Waals surface area contributed by atoms with Gasteiger partial charge in [-0.1, -0.05) is 129 Å². The Hall–Kier alpha value is -6.52. The van der Waals surface area contributed by atoms with Gasteiger partial charge in [-0.3, -0.25) is 9.97 Å². The van der Waals surface area contributed by atoms with Crippen molar-refractivity contribution in [2.45, 2.75) is 20.3 Å². The normalized spacial score (nSPS) is 11.6. The fourth-order valence-corrected chi connectivity index (χ4v) is 7.74. The summed E-state index contributed by atoms with van der Waals surface area (Å²) in [5.41, 5.74) is 12.0. The monoisotopic (exact) mass is 658 g/mol. The molecular weight excluding hydrogens is 625 g/mol. The number of fused-ring (bicyclic) bond motifs is 4. The number of aromatic nitrogens is 2. The van der Waals surface area contributed by atoms with Crippen LogP contribution in [0.2, 0.25) is 0 Å². The molecule has 0 amide bonds. The van der Waals surface area contributed by atoms with E-state index >= 15 is 0 Å². The van der Waals surface area contributed by atoms with E-state index in [1.54, 1.807) is 0 Å². The van der Waals surface area contributed by atoms with E-state index < -0.39 is 0 Å². The summed E-state index contributed by atoms with van der Waals surface area (Å²) >= 11 is 0. The van der Waals surface area contributed by atoms with Crippen molar-refractivity contribution in [2.24, 2.45) is 0 Å². The van der Waals surface area contributed by atoms with E-state index in [9.17, 15) is 0 Å². The predicted molar refractivity (Wildman–Crippen MR) is 213 cm³/mol. The van der Waals surface area contributed by atoms with Crippen molar-refractivity contribution in [1.82, 2.24) is 9.97 Å². The molecule has 0 radical (unpaired) electrons. The molecule has 5 aromatic carbocycles. The van der Waals surface area contributed by atoms with Crippen LogP contribution in [0.3, 0.4) is 0 Å². The molecule has 0 aliphatic rings. The highest BCUT2D eigenvalue weighted by Crippen LogP contribution is 2.45. The number of rotatable bonds is 7. The first-order chi connectivity index (χ1) is 25.1. The maximum Gasteiger partial charge on any atom is 0.161 e. The second-order valence-corrected chi connectivity index (χ2v) is 12.8. The van der Waals surface area contributed by atoms with Crippen LogP contribution in [0.5, 0.6) is 0 Å². The minimum Gasteiger partial charge on any atom is -0.458 e. The topological polar surface area (TPSA) is 52.1 Å². The molecule has 0 atom stereocenters. The number of furan rings is 2. The maximum absolute atomic E-state index is 6.33. The number of benzene rings is 5. The van der Waals surface area contributed by atoms with E-state index in [1.807, 2.05) is 43.6 Å². The van der Waals surface area contributed by atoms with Crippen molar-refractivity contribution in [1.29, 1.82) is 0 Å². The van der Waals surface area contributed by atoms with Gasteiger partial charge in [0.2, 0.25) is 0 Å². The molecule has 4 heteroatoms. The second kappa shape index (κ2) is 12.1. The van der Waals surface area contributed by atoms with Gasteiger partial charge < -0.3 is 8.83 Å². The fraction of sp³-hybridized carbons (Fsp3) is 0.0638. The van der Waals surface area contributed by atoms with Crippen LogP contribution in [0, 0.1) is 6.92 Å². The van der Waals surface area contributed by atoms with Gasteiger partial charge in [0.25, 0.3) is 0 Å². The summed E-state index contributed by atoms with van der Waals surface area (Å²) in [5, 5.41) is 6.87. The van der Waals surface area contributed by atoms with E-state index in [0.717, 1.165) is 84.6 Å². The molecule has 0 bridgehead atoms.